The van der Waals surface area contributed by atoms with Gasteiger partial charge in [0.2, 0.25) is 0 Å². The van der Waals surface area contributed by atoms with Gasteiger partial charge in [-0.05, 0) is 66.7 Å². The van der Waals surface area contributed by atoms with Crippen LogP contribution in [0, 0.1) is 10.1 Å². The molecule has 2 heterocycles. The largest absolute Gasteiger partial charge is 0.354 e. The van der Waals surface area contributed by atoms with Crippen LogP contribution in [0.5, 0.6) is 0 Å². The third kappa shape index (κ3) is 3.81. The molecule has 32 heavy (non-hydrogen) atoms. The summed E-state index contributed by atoms with van der Waals surface area (Å²) in [4.78, 5) is 25.5. The molecule has 156 valence electrons. The molecule has 0 fully saturated rings. The second kappa shape index (κ2) is 8.20. The molecule has 0 radical (unpaired) electrons. The zero-order chi connectivity index (χ0) is 22.1. The van der Waals surface area contributed by atoms with Crippen LogP contribution >= 0.6 is 11.8 Å². The van der Waals surface area contributed by atoms with Crippen LogP contribution in [0.2, 0.25) is 0 Å². The zero-order valence-corrected chi connectivity index (χ0v) is 17.6. The molecule has 6 nitrogen and oxygen atoms in total. The number of hydrogen-bond donors (Lipinski definition) is 1. The van der Waals surface area contributed by atoms with Crippen LogP contribution in [-0.2, 0) is 0 Å². The highest BCUT2D eigenvalue weighted by atomic mass is 32.2. The number of fused-ring (bicyclic) bond motifs is 2. The minimum absolute atomic E-state index is 0.0370. The first-order valence-electron chi connectivity index (χ1n) is 9.91. The first-order valence-corrected chi connectivity index (χ1v) is 10.7. The summed E-state index contributed by atoms with van der Waals surface area (Å²) < 4.78 is 1.87. The van der Waals surface area contributed by atoms with Gasteiger partial charge >= 0.3 is 0 Å². The molecule has 1 aromatic heterocycles. The average Bonchev–Trinajstić information content (AvgIpc) is 3.29. The number of aromatic nitrogens is 1. The van der Waals surface area contributed by atoms with Gasteiger partial charge in [0.05, 0.1) is 16.3 Å². The summed E-state index contributed by atoms with van der Waals surface area (Å²) >= 11 is 1.68. The minimum Gasteiger partial charge on any atom is -0.354 e. The van der Waals surface area contributed by atoms with Crippen LogP contribution < -0.4 is 5.32 Å². The molecule has 4 aromatic rings. The van der Waals surface area contributed by atoms with Crippen molar-refractivity contribution in [3.63, 3.8) is 0 Å². The fourth-order valence-electron chi connectivity index (χ4n) is 3.55. The van der Waals surface area contributed by atoms with Gasteiger partial charge in [-0.3, -0.25) is 14.9 Å². The third-order valence-electron chi connectivity index (χ3n) is 5.16. The van der Waals surface area contributed by atoms with Crippen molar-refractivity contribution in [3.8, 4) is 5.69 Å². The number of non-ortho nitro benzene ring substituents is 1. The normalized spacial score (nSPS) is 12.1. The number of nitro benzene ring substituents is 1. The lowest BCUT2D eigenvalue weighted by molar-refractivity contribution is -0.384. The molecule has 0 aliphatic carbocycles. The molecule has 1 aliphatic rings. The Morgan fingerprint density at radius 2 is 1.72 bits per heavy atom. The lowest BCUT2D eigenvalue weighted by atomic mass is 10.1. The first-order chi connectivity index (χ1) is 15.6. The van der Waals surface area contributed by atoms with Gasteiger partial charge in [0.15, 0.2) is 5.78 Å². The lowest BCUT2D eigenvalue weighted by Gasteiger charge is -2.20. The number of hydrogen-bond acceptors (Lipinski definition) is 5. The van der Waals surface area contributed by atoms with E-state index in [-0.39, 0.29) is 11.5 Å². The summed E-state index contributed by atoms with van der Waals surface area (Å²) in [5.41, 5.74) is 4.17. The number of carbonyl (C=O) groups excluding carboxylic acids is 1. The quantitative estimate of drug-likeness (QED) is 0.147. The number of nitro groups is 1. The number of ketones is 1. The van der Waals surface area contributed by atoms with Gasteiger partial charge in [-0.15, -0.1) is 0 Å². The van der Waals surface area contributed by atoms with Gasteiger partial charge in [0, 0.05) is 45.1 Å². The molecule has 0 spiro atoms. The van der Waals surface area contributed by atoms with E-state index in [0.29, 0.717) is 5.56 Å². The Kier molecular flexibility index (Phi) is 5.09. The SMILES string of the molecule is O=C(/C=C/c1cccn1-c1ccc([N+](=O)[O-])cc1)c1ccc2c(c1)Nc1ccccc1S2. The number of para-hydroxylation sites is 1. The molecule has 0 unspecified atom stereocenters. The summed E-state index contributed by atoms with van der Waals surface area (Å²) in [6.07, 6.45) is 5.15. The molecular formula is C25H17N3O3S. The van der Waals surface area contributed by atoms with Crippen LogP contribution in [0.15, 0.2) is 101 Å². The molecule has 0 atom stereocenters. The maximum atomic E-state index is 12.8. The van der Waals surface area contributed by atoms with Gasteiger partial charge in [0.1, 0.15) is 0 Å². The summed E-state index contributed by atoms with van der Waals surface area (Å²) in [6.45, 7) is 0. The predicted octanol–water partition coefficient (Wildman–Crippen LogP) is 6.49. The number of anilines is 2. The van der Waals surface area contributed by atoms with Crippen molar-refractivity contribution >= 4 is 40.7 Å². The van der Waals surface area contributed by atoms with Crippen LogP contribution in [0.1, 0.15) is 16.1 Å². The molecule has 0 bridgehead atoms. The van der Waals surface area contributed by atoms with E-state index in [4.69, 9.17) is 0 Å². The number of rotatable bonds is 5. The van der Waals surface area contributed by atoms with E-state index >= 15 is 0 Å². The Hall–Kier alpha value is -4.10. The summed E-state index contributed by atoms with van der Waals surface area (Å²) in [6, 6.07) is 23.8. The Morgan fingerprint density at radius 1 is 0.938 bits per heavy atom. The number of allylic oxidation sites excluding steroid dienone is 1. The van der Waals surface area contributed by atoms with Gasteiger partial charge in [-0.2, -0.15) is 0 Å². The highest BCUT2D eigenvalue weighted by Gasteiger charge is 2.16. The molecule has 1 aliphatic heterocycles. The lowest BCUT2D eigenvalue weighted by Crippen LogP contribution is -2.02. The number of benzene rings is 3. The van der Waals surface area contributed by atoms with Crippen LogP contribution in [0.4, 0.5) is 17.1 Å². The second-order valence-corrected chi connectivity index (χ2v) is 8.29. The van der Waals surface area contributed by atoms with Gasteiger partial charge < -0.3 is 9.88 Å². The molecule has 3 aromatic carbocycles. The van der Waals surface area contributed by atoms with E-state index in [0.717, 1.165) is 32.5 Å². The van der Waals surface area contributed by atoms with E-state index in [2.05, 4.69) is 11.4 Å². The standard InChI is InChI=1S/C25H17N3O3S/c29-23(17-7-14-25-22(16-17)26-21-5-1-2-6-24(21)32-25)13-12-18-4-3-15-27(18)19-8-10-20(11-9-19)28(30)31/h1-16,26H/b13-12+. The summed E-state index contributed by atoms with van der Waals surface area (Å²) in [7, 11) is 0. The average molecular weight is 439 g/mol. The van der Waals surface area contributed by atoms with Crippen molar-refractivity contribution in [1.82, 2.24) is 4.57 Å². The van der Waals surface area contributed by atoms with Crippen molar-refractivity contribution in [2.45, 2.75) is 9.79 Å². The van der Waals surface area contributed by atoms with Crippen molar-refractivity contribution in [2.75, 3.05) is 5.32 Å². The number of nitrogens with zero attached hydrogens (tertiary/aromatic N) is 2. The van der Waals surface area contributed by atoms with Crippen molar-refractivity contribution < 1.29 is 9.72 Å². The maximum Gasteiger partial charge on any atom is 0.269 e. The first kappa shape index (κ1) is 19.8. The van der Waals surface area contributed by atoms with Crippen molar-refractivity contribution in [2.24, 2.45) is 0 Å². The van der Waals surface area contributed by atoms with E-state index < -0.39 is 4.92 Å². The molecular weight excluding hydrogens is 422 g/mol. The summed E-state index contributed by atoms with van der Waals surface area (Å²) in [5, 5.41) is 14.3. The fourth-order valence-corrected chi connectivity index (χ4v) is 4.52. The Bertz CT molecular complexity index is 1370. The Balaban J connectivity index is 1.36. The van der Waals surface area contributed by atoms with Gasteiger partial charge in [-0.1, -0.05) is 23.9 Å². The second-order valence-electron chi connectivity index (χ2n) is 7.21. The molecule has 7 heteroatoms. The van der Waals surface area contributed by atoms with Crippen molar-refractivity contribution in [1.29, 1.82) is 0 Å². The maximum absolute atomic E-state index is 12.8. The fraction of sp³-hybridized carbons (Fsp3) is 0. The van der Waals surface area contributed by atoms with Crippen molar-refractivity contribution in [3.05, 3.63) is 113 Å². The highest BCUT2D eigenvalue weighted by molar-refractivity contribution is 7.99. The molecule has 0 amide bonds. The number of carbonyl (C=O) groups is 1. The Labute approximate surface area is 188 Å². The van der Waals surface area contributed by atoms with E-state index in [9.17, 15) is 14.9 Å². The van der Waals surface area contributed by atoms with E-state index in [1.54, 1.807) is 36.0 Å². The molecule has 5 rings (SSSR count). The zero-order valence-electron chi connectivity index (χ0n) is 16.8. The minimum atomic E-state index is -0.427. The van der Waals surface area contributed by atoms with Crippen LogP contribution in [0.25, 0.3) is 11.8 Å². The van der Waals surface area contributed by atoms with Crippen LogP contribution in [0.3, 0.4) is 0 Å². The highest BCUT2D eigenvalue weighted by Crippen LogP contribution is 2.44. The molecule has 0 saturated carbocycles. The van der Waals surface area contributed by atoms with Gasteiger partial charge in [0.25, 0.3) is 5.69 Å². The van der Waals surface area contributed by atoms with Crippen LogP contribution in [-0.4, -0.2) is 15.3 Å². The molecule has 1 N–H and O–H groups in total. The topological polar surface area (TPSA) is 77.2 Å². The smallest absolute Gasteiger partial charge is 0.269 e. The third-order valence-corrected chi connectivity index (χ3v) is 6.32. The van der Waals surface area contributed by atoms with Gasteiger partial charge in [-0.25, -0.2) is 0 Å². The number of nitrogens with one attached hydrogen (secondary N) is 1. The Morgan fingerprint density at radius 3 is 2.53 bits per heavy atom. The van der Waals surface area contributed by atoms with E-state index in [1.807, 2.05) is 59.3 Å². The predicted molar refractivity (Wildman–Crippen MR) is 126 cm³/mol. The monoisotopic (exact) mass is 439 g/mol. The molecule has 0 saturated heterocycles. The summed E-state index contributed by atoms with van der Waals surface area (Å²) in [5.74, 6) is -0.102. The van der Waals surface area contributed by atoms with E-state index in [1.165, 1.54) is 12.1 Å².